The van der Waals surface area contributed by atoms with Crippen LogP contribution in [-0.4, -0.2) is 6.54 Å². The summed E-state index contributed by atoms with van der Waals surface area (Å²) in [4.78, 5) is 9.76. The molecule has 1 atom stereocenters. The zero-order valence-corrected chi connectivity index (χ0v) is 6.55. The minimum atomic E-state index is 0.508. The number of nitroso groups, excluding NO2 is 1. The van der Waals surface area contributed by atoms with E-state index in [1.54, 1.807) is 0 Å². The molecule has 0 heterocycles. The number of hydrogen-bond donors (Lipinski definition) is 0. The van der Waals surface area contributed by atoms with Gasteiger partial charge in [0.15, 0.2) is 0 Å². The SMILES string of the molecule is CC(CCN=O)CC1CC1. The zero-order chi connectivity index (χ0) is 7.40. The molecule has 0 N–H and O–H groups in total. The van der Waals surface area contributed by atoms with Crippen LogP contribution in [0.15, 0.2) is 5.18 Å². The first kappa shape index (κ1) is 7.70. The van der Waals surface area contributed by atoms with Gasteiger partial charge in [-0.05, 0) is 24.7 Å². The quantitative estimate of drug-likeness (QED) is 0.541. The largest absolute Gasteiger partial charge is 0.151 e. The van der Waals surface area contributed by atoms with E-state index in [9.17, 15) is 4.91 Å². The second-order valence-electron chi connectivity index (χ2n) is 3.43. The summed E-state index contributed by atoms with van der Waals surface area (Å²) in [5, 5.41) is 2.85. The van der Waals surface area contributed by atoms with Gasteiger partial charge in [-0.15, -0.1) is 0 Å². The molecule has 0 aromatic carbocycles. The highest BCUT2D eigenvalue weighted by molar-refractivity contribution is 4.75. The molecule has 0 aromatic rings. The van der Waals surface area contributed by atoms with E-state index in [0.29, 0.717) is 12.5 Å². The van der Waals surface area contributed by atoms with Crippen LogP contribution in [0.25, 0.3) is 0 Å². The summed E-state index contributed by atoms with van der Waals surface area (Å²) in [5.74, 6) is 1.70. The highest BCUT2D eigenvalue weighted by Gasteiger charge is 2.23. The predicted octanol–water partition coefficient (Wildman–Crippen LogP) is 2.58. The molecule has 1 aliphatic carbocycles. The van der Waals surface area contributed by atoms with Crippen LogP contribution in [0.2, 0.25) is 0 Å². The average molecular weight is 141 g/mol. The van der Waals surface area contributed by atoms with Gasteiger partial charge >= 0.3 is 0 Å². The first-order chi connectivity index (χ1) is 4.83. The van der Waals surface area contributed by atoms with Crippen molar-refractivity contribution in [2.24, 2.45) is 17.0 Å². The summed E-state index contributed by atoms with van der Waals surface area (Å²) in [7, 11) is 0. The fourth-order valence-electron chi connectivity index (χ4n) is 1.31. The fraction of sp³-hybridized carbons (Fsp3) is 1.00. The highest BCUT2D eigenvalue weighted by Crippen LogP contribution is 2.35. The van der Waals surface area contributed by atoms with Gasteiger partial charge in [-0.25, -0.2) is 0 Å². The van der Waals surface area contributed by atoms with E-state index in [0.717, 1.165) is 12.3 Å². The van der Waals surface area contributed by atoms with Crippen molar-refractivity contribution < 1.29 is 0 Å². The monoisotopic (exact) mass is 141 g/mol. The Kier molecular flexibility index (Phi) is 2.84. The summed E-state index contributed by atoms with van der Waals surface area (Å²) in [6.45, 7) is 2.72. The molecular formula is C8H15NO. The molecule has 10 heavy (non-hydrogen) atoms. The summed E-state index contributed by atoms with van der Waals surface area (Å²) >= 11 is 0. The molecule has 1 rings (SSSR count). The molecule has 0 radical (unpaired) electrons. The van der Waals surface area contributed by atoms with Crippen molar-refractivity contribution in [1.82, 2.24) is 0 Å². The van der Waals surface area contributed by atoms with Gasteiger partial charge in [0.05, 0.1) is 6.54 Å². The Hall–Kier alpha value is -0.400. The van der Waals surface area contributed by atoms with E-state index in [2.05, 4.69) is 12.1 Å². The van der Waals surface area contributed by atoms with Crippen molar-refractivity contribution in [1.29, 1.82) is 0 Å². The van der Waals surface area contributed by atoms with Crippen molar-refractivity contribution >= 4 is 0 Å². The van der Waals surface area contributed by atoms with Gasteiger partial charge in [0, 0.05) is 0 Å². The molecule has 1 aliphatic rings. The summed E-state index contributed by atoms with van der Waals surface area (Å²) in [6, 6.07) is 0. The molecule has 2 nitrogen and oxygen atoms in total. The van der Waals surface area contributed by atoms with Crippen LogP contribution >= 0.6 is 0 Å². The molecule has 0 spiro atoms. The Labute approximate surface area is 62.0 Å². The van der Waals surface area contributed by atoms with Gasteiger partial charge in [-0.2, -0.15) is 4.91 Å². The van der Waals surface area contributed by atoms with Gasteiger partial charge in [0.1, 0.15) is 0 Å². The van der Waals surface area contributed by atoms with Gasteiger partial charge in [0.25, 0.3) is 0 Å². The standard InChI is InChI=1S/C8H15NO/c1-7(4-5-9-10)6-8-2-3-8/h7-8H,2-6H2,1H3. The molecule has 58 valence electrons. The van der Waals surface area contributed by atoms with Gasteiger partial charge < -0.3 is 0 Å². The molecular weight excluding hydrogens is 126 g/mol. The van der Waals surface area contributed by atoms with Crippen LogP contribution in [-0.2, 0) is 0 Å². The Bertz CT molecular complexity index is 110. The van der Waals surface area contributed by atoms with E-state index in [4.69, 9.17) is 0 Å². The molecule has 1 unspecified atom stereocenters. The van der Waals surface area contributed by atoms with Crippen LogP contribution in [0.4, 0.5) is 0 Å². The van der Waals surface area contributed by atoms with Crippen molar-refractivity contribution in [2.75, 3.05) is 6.54 Å². The molecule has 0 aromatic heterocycles. The van der Waals surface area contributed by atoms with Crippen molar-refractivity contribution in [3.8, 4) is 0 Å². The maximum Gasteiger partial charge on any atom is 0.0813 e. The van der Waals surface area contributed by atoms with Crippen molar-refractivity contribution in [3.05, 3.63) is 4.91 Å². The summed E-state index contributed by atoms with van der Waals surface area (Å²) in [6.07, 6.45) is 5.13. The lowest BCUT2D eigenvalue weighted by molar-refractivity contribution is 0.469. The lowest BCUT2D eigenvalue weighted by atomic mass is 10.0. The van der Waals surface area contributed by atoms with E-state index in [-0.39, 0.29) is 0 Å². The number of nitrogens with zero attached hydrogens (tertiary/aromatic N) is 1. The smallest absolute Gasteiger partial charge is 0.0813 e. The van der Waals surface area contributed by atoms with Crippen LogP contribution < -0.4 is 0 Å². The molecule has 0 aliphatic heterocycles. The van der Waals surface area contributed by atoms with E-state index in [1.807, 2.05) is 0 Å². The third-order valence-corrected chi connectivity index (χ3v) is 2.15. The topological polar surface area (TPSA) is 29.4 Å². The third kappa shape index (κ3) is 2.95. The minimum absolute atomic E-state index is 0.508. The summed E-state index contributed by atoms with van der Waals surface area (Å²) in [5.41, 5.74) is 0. The lowest BCUT2D eigenvalue weighted by Crippen LogP contribution is -1.97. The molecule has 0 saturated heterocycles. The Morgan fingerprint density at radius 3 is 2.80 bits per heavy atom. The Balaban J connectivity index is 1.96. The maximum absolute atomic E-state index is 9.76. The van der Waals surface area contributed by atoms with Gasteiger partial charge in [-0.3, -0.25) is 0 Å². The Morgan fingerprint density at radius 1 is 1.60 bits per heavy atom. The highest BCUT2D eigenvalue weighted by atomic mass is 16.3. The van der Waals surface area contributed by atoms with Crippen LogP contribution in [0.1, 0.15) is 32.6 Å². The van der Waals surface area contributed by atoms with Crippen molar-refractivity contribution in [3.63, 3.8) is 0 Å². The van der Waals surface area contributed by atoms with E-state index in [1.165, 1.54) is 19.3 Å². The molecule has 0 amide bonds. The summed E-state index contributed by atoms with van der Waals surface area (Å²) < 4.78 is 0. The third-order valence-electron chi connectivity index (χ3n) is 2.15. The number of hydrogen-bond acceptors (Lipinski definition) is 2. The van der Waals surface area contributed by atoms with Crippen LogP contribution in [0, 0.1) is 16.7 Å². The van der Waals surface area contributed by atoms with Crippen molar-refractivity contribution in [2.45, 2.75) is 32.6 Å². The predicted molar refractivity (Wildman–Crippen MR) is 41.8 cm³/mol. The van der Waals surface area contributed by atoms with E-state index >= 15 is 0 Å². The van der Waals surface area contributed by atoms with Gasteiger partial charge in [-0.1, -0.05) is 24.9 Å². The zero-order valence-electron chi connectivity index (χ0n) is 6.55. The first-order valence-electron chi connectivity index (χ1n) is 4.12. The molecule has 1 fully saturated rings. The maximum atomic E-state index is 9.76. The molecule has 2 heteroatoms. The van der Waals surface area contributed by atoms with Crippen LogP contribution in [0.5, 0.6) is 0 Å². The normalized spacial score (nSPS) is 20.5. The van der Waals surface area contributed by atoms with Crippen LogP contribution in [0.3, 0.4) is 0 Å². The van der Waals surface area contributed by atoms with E-state index < -0.39 is 0 Å². The lowest BCUT2D eigenvalue weighted by Gasteiger charge is -2.05. The number of rotatable bonds is 5. The first-order valence-corrected chi connectivity index (χ1v) is 4.12. The Morgan fingerprint density at radius 2 is 2.30 bits per heavy atom. The van der Waals surface area contributed by atoms with Gasteiger partial charge in [0.2, 0.25) is 0 Å². The molecule has 0 bridgehead atoms. The second-order valence-corrected chi connectivity index (χ2v) is 3.43. The minimum Gasteiger partial charge on any atom is -0.151 e. The fourth-order valence-corrected chi connectivity index (χ4v) is 1.31. The second kappa shape index (κ2) is 3.69. The molecule has 1 saturated carbocycles. The average Bonchev–Trinajstić information content (AvgIpc) is 2.67.